The minimum atomic E-state index is -3.14. The van der Waals surface area contributed by atoms with Crippen LogP contribution in [0.3, 0.4) is 0 Å². The monoisotopic (exact) mass is 886 g/mol. The summed E-state index contributed by atoms with van der Waals surface area (Å²) in [5.74, 6) is -3.54. The number of imide groups is 1. The highest BCUT2D eigenvalue weighted by Crippen LogP contribution is 2.46. The first-order valence-electron chi connectivity index (χ1n) is 22.0. The molecule has 1 aliphatic carbocycles. The molecule has 14 nitrogen and oxygen atoms in total. The number of halogens is 4. The zero-order valence-electron chi connectivity index (χ0n) is 35.4. The van der Waals surface area contributed by atoms with Gasteiger partial charge in [-0.2, -0.15) is 10.1 Å². The molecule has 5 aromatic rings. The number of likely N-dealkylation sites (tertiary alicyclic amines) is 1. The number of aromatic nitrogens is 5. The second-order valence-electron chi connectivity index (χ2n) is 18.1. The maximum atomic E-state index is 16.2. The van der Waals surface area contributed by atoms with E-state index in [1.807, 2.05) is 12.1 Å². The number of carbonyl (C=O) groups is 2. The van der Waals surface area contributed by atoms with Gasteiger partial charge in [0.25, 0.3) is 5.56 Å². The third kappa shape index (κ3) is 7.53. The number of piperidine rings is 3. The molecule has 4 fully saturated rings. The van der Waals surface area contributed by atoms with E-state index < -0.39 is 30.0 Å². The van der Waals surface area contributed by atoms with Crippen LogP contribution in [0.1, 0.15) is 81.4 Å². The maximum Gasteiger partial charge on any atom is 0.301 e. The Morgan fingerprint density at radius 3 is 2.46 bits per heavy atom. The third-order valence-corrected chi connectivity index (χ3v) is 14.5. The van der Waals surface area contributed by atoms with Gasteiger partial charge in [0.05, 0.1) is 35.1 Å². The highest BCUT2D eigenvalue weighted by Gasteiger charge is 2.51. The average molecular weight is 887 g/mol. The number of amides is 2. The van der Waals surface area contributed by atoms with Gasteiger partial charge in [0, 0.05) is 56.1 Å². The summed E-state index contributed by atoms with van der Waals surface area (Å²) in [6.07, 6.45) is 7.10. The Hall–Kier alpha value is -5.42. The van der Waals surface area contributed by atoms with Gasteiger partial charge >= 0.3 is 5.92 Å². The van der Waals surface area contributed by atoms with Crippen molar-refractivity contribution in [3.05, 3.63) is 69.0 Å². The predicted octanol–water partition coefficient (Wildman–Crippen LogP) is 6.97. The van der Waals surface area contributed by atoms with E-state index in [0.717, 1.165) is 51.9 Å². The van der Waals surface area contributed by atoms with Crippen LogP contribution in [0.5, 0.6) is 5.75 Å². The summed E-state index contributed by atoms with van der Waals surface area (Å²) in [6.45, 7) is 4.66. The number of fused-ring (bicyclic) bond motifs is 4. The van der Waals surface area contributed by atoms with Crippen LogP contribution in [0.4, 0.5) is 36.3 Å². The molecule has 7 heterocycles. The topological polar surface area (TPSA) is 152 Å². The number of hydrogen-bond donors (Lipinski definition) is 3. The summed E-state index contributed by atoms with van der Waals surface area (Å²) in [5, 5.41) is 14.8. The van der Waals surface area contributed by atoms with Crippen LogP contribution in [-0.2, 0) is 23.7 Å². The van der Waals surface area contributed by atoms with Crippen molar-refractivity contribution < 1.29 is 27.5 Å². The number of rotatable bonds is 8. The Balaban J connectivity index is 0.783. The molecule has 10 rings (SSSR count). The number of anilines is 4. The molecular weight excluding hydrogens is 837 g/mol. The summed E-state index contributed by atoms with van der Waals surface area (Å²) in [7, 11) is 3.30. The molecule has 0 radical (unpaired) electrons. The largest absolute Gasteiger partial charge is 0.480 e. The van der Waals surface area contributed by atoms with E-state index >= 15 is 13.2 Å². The molecule has 3 atom stereocenters. The van der Waals surface area contributed by atoms with Gasteiger partial charge in [-0.15, -0.1) is 0 Å². The summed E-state index contributed by atoms with van der Waals surface area (Å²) < 4.78 is 55.1. The number of nitrogens with zero attached hydrogens (tertiary/aromatic N) is 7. The standard InChI is InChI=1S/C45H50ClF3N10O4/c1-23(58-16-14-25(15-17-58)28-7-8-29-36(55-57(3)38(29)35(28)47)30-9-11-34(60)52-42(30)61)24-12-18-59(19-13-24)44-50-21-32(46)41(54-44)51-27-6-10-33-31(20-27)37-39(43(62)56(33)2)63-22-45(48,49)40(53-37)26-4-5-26/h6-8,10,20-21,23-26,30,40,53H,4-5,9,11-19,22H2,1-3H3,(H,50,51,54)(H,52,60,61)/t23-,30?,40+/m1/s1. The normalized spacial score (nSPS) is 22.9. The first-order valence-corrected chi connectivity index (χ1v) is 22.3. The van der Waals surface area contributed by atoms with Crippen molar-refractivity contribution in [2.45, 2.75) is 88.1 Å². The van der Waals surface area contributed by atoms with E-state index in [1.165, 1.54) is 9.25 Å². The van der Waals surface area contributed by atoms with Gasteiger partial charge in [-0.05, 0) is 106 Å². The van der Waals surface area contributed by atoms with E-state index in [9.17, 15) is 14.4 Å². The molecule has 4 aliphatic heterocycles. The van der Waals surface area contributed by atoms with Crippen molar-refractivity contribution in [3.63, 3.8) is 0 Å². The smallest absolute Gasteiger partial charge is 0.301 e. The first kappa shape index (κ1) is 41.6. The molecule has 2 amide bonds. The third-order valence-electron chi connectivity index (χ3n) is 14.2. The Kier molecular flexibility index (Phi) is 10.5. The molecule has 332 valence electrons. The van der Waals surface area contributed by atoms with Crippen molar-refractivity contribution in [2.24, 2.45) is 25.9 Å². The Bertz CT molecular complexity index is 2710. The minimum Gasteiger partial charge on any atom is -0.480 e. The van der Waals surface area contributed by atoms with Gasteiger partial charge in [-0.1, -0.05) is 23.7 Å². The number of pyridine rings is 1. The fraction of sp³-hybridized carbons (Fsp3) is 0.511. The van der Waals surface area contributed by atoms with E-state index in [1.54, 1.807) is 38.5 Å². The van der Waals surface area contributed by atoms with Crippen LogP contribution in [0.25, 0.3) is 21.8 Å². The molecular formula is C45H50ClF3N10O4. The van der Waals surface area contributed by atoms with Gasteiger partial charge in [-0.3, -0.25) is 24.4 Å². The Labute approximate surface area is 366 Å². The lowest BCUT2D eigenvalue weighted by molar-refractivity contribution is -0.134. The van der Waals surface area contributed by atoms with Crippen LogP contribution in [0, 0.1) is 17.7 Å². The molecule has 18 heteroatoms. The lowest BCUT2D eigenvalue weighted by Crippen LogP contribution is -2.47. The lowest BCUT2D eigenvalue weighted by Gasteiger charge is -2.42. The maximum absolute atomic E-state index is 16.2. The van der Waals surface area contributed by atoms with Crippen molar-refractivity contribution in [1.29, 1.82) is 0 Å². The van der Waals surface area contributed by atoms with Crippen LogP contribution in [0.15, 0.2) is 41.3 Å². The molecule has 0 spiro atoms. The molecule has 3 saturated heterocycles. The highest BCUT2D eigenvalue weighted by atomic mass is 35.5. The van der Waals surface area contributed by atoms with Crippen molar-refractivity contribution in [1.82, 2.24) is 34.5 Å². The van der Waals surface area contributed by atoms with Gasteiger partial charge in [0.2, 0.25) is 23.5 Å². The number of aryl methyl sites for hydroxylation is 2. The van der Waals surface area contributed by atoms with Crippen molar-refractivity contribution in [2.75, 3.05) is 48.3 Å². The van der Waals surface area contributed by atoms with Gasteiger partial charge in [0.15, 0.2) is 18.2 Å². The predicted molar refractivity (Wildman–Crippen MR) is 234 cm³/mol. The fourth-order valence-electron chi connectivity index (χ4n) is 10.4. The second-order valence-corrected chi connectivity index (χ2v) is 18.5. The Morgan fingerprint density at radius 2 is 1.73 bits per heavy atom. The first-order chi connectivity index (χ1) is 30.3. The van der Waals surface area contributed by atoms with Crippen LogP contribution in [-0.4, -0.2) is 91.8 Å². The molecule has 63 heavy (non-hydrogen) atoms. The number of nitrogens with one attached hydrogen (secondary N) is 3. The summed E-state index contributed by atoms with van der Waals surface area (Å²) >= 11 is 6.64. The molecule has 1 unspecified atom stereocenters. The summed E-state index contributed by atoms with van der Waals surface area (Å²) in [5.41, 5.74) is 2.54. The second kappa shape index (κ2) is 16.0. The van der Waals surface area contributed by atoms with Gasteiger partial charge in [-0.25, -0.2) is 18.2 Å². The van der Waals surface area contributed by atoms with E-state index in [-0.39, 0.29) is 47.3 Å². The average Bonchev–Trinajstić information content (AvgIpc) is 4.07. The van der Waals surface area contributed by atoms with Gasteiger partial charge < -0.3 is 29.7 Å². The van der Waals surface area contributed by atoms with Crippen molar-refractivity contribution in [3.8, 4) is 5.75 Å². The molecule has 3 aromatic heterocycles. The fourth-order valence-corrected chi connectivity index (χ4v) is 10.6. The zero-order chi connectivity index (χ0) is 43.9. The van der Waals surface area contributed by atoms with E-state index in [2.05, 4.69) is 42.8 Å². The Morgan fingerprint density at radius 1 is 0.968 bits per heavy atom. The molecule has 5 aliphatic rings. The van der Waals surface area contributed by atoms with Gasteiger partial charge in [0.1, 0.15) is 10.5 Å². The number of ether oxygens (including phenoxy) is 1. The number of alkyl halides is 2. The summed E-state index contributed by atoms with van der Waals surface area (Å²) in [4.78, 5) is 51.7. The highest BCUT2D eigenvalue weighted by molar-refractivity contribution is 6.33. The molecule has 3 N–H and O–H groups in total. The number of hydrogen-bond acceptors (Lipinski definition) is 11. The van der Waals surface area contributed by atoms with Crippen molar-refractivity contribution >= 4 is 68.4 Å². The molecule has 1 saturated carbocycles. The quantitative estimate of drug-likeness (QED) is 0.139. The minimum absolute atomic E-state index is 0.0649. The molecule has 0 bridgehead atoms. The molecule has 2 aromatic carbocycles. The lowest BCUT2D eigenvalue weighted by atomic mass is 9.84. The van der Waals surface area contributed by atoms with E-state index in [0.29, 0.717) is 86.8 Å². The SMILES string of the molecule is C[C@H](C1CCN(c2ncc(Cl)c(Nc3ccc4c(c3)c3c(c(=O)n4C)OCC(F)(F)[C@H](C4CC4)N3)n2)CC1)N1CCC(c2ccc3c(C4CCC(=O)NC4=O)nn(C)c3c2F)CC1. The summed E-state index contributed by atoms with van der Waals surface area (Å²) in [6, 6.07) is 8.30. The van der Waals surface area contributed by atoms with Crippen LogP contribution < -0.4 is 31.1 Å². The van der Waals surface area contributed by atoms with Crippen LogP contribution >= 0.6 is 11.6 Å². The number of carbonyl (C=O) groups excluding carboxylic acids is 2. The van der Waals surface area contributed by atoms with Crippen LogP contribution in [0.2, 0.25) is 5.02 Å². The van der Waals surface area contributed by atoms with E-state index in [4.69, 9.17) is 21.3 Å². The number of benzene rings is 2. The zero-order valence-corrected chi connectivity index (χ0v) is 36.2.